The standard InChI is InChI=1S/C48H34F4N4O4S2/c1-3-59-45-41(27-53-55(47(45)57)43-37(29-11-5-15-33(49)23-29)19-9-20-38(43)30-12-6-16-34(50)24-30)61-62-42-28-54-56(48(58)46(42)60-4-2)44-39(31-13-7-17-35(51)25-31)21-10-22-40(44)32-14-8-18-36(52)26-32/h5-28H,3-4H2,1-2H3. The minimum Gasteiger partial charge on any atom is -0.487 e. The first-order chi connectivity index (χ1) is 30.1. The minimum atomic E-state index is -0.642. The Labute approximate surface area is 360 Å². The Bertz CT molecular complexity index is 2750. The molecular weight excluding hydrogens is 837 g/mol. The zero-order chi connectivity index (χ0) is 43.3. The van der Waals surface area contributed by atoms with Crippen molar-refractivity contribution in [2.45, 2.75) is 23.6 Å². The summed E-state index contributed by atoms with van der Waals surface area (Å²) in [6, 6.07) is 34.0. The van der Waals surface area contributed by atoms with Crippen molar-refractivity contribution in [2.75, 3.05) is 13.2 Å². The van der Waals surface area contributed by atoms with Crippen LogP contribution in [-0.4, -0.2) is 32.8 Å². The van der Waals surface area contributed by atoms with Crippen molar-refractivity contribution >= 4 is 21.6 Å². The van der Waals surface area contributed by atoms with E-state index in [1.165, 1.54) is 60.9 Å². The Morgan fingerprint density at radius 2 is 0.758 bits per heavy atom. The van der Waals surface area contributed by atoms with Crippen LogP contribution in [0.15, 0.2) is 165 Å². The van der Waals surface area contributed by atoms with Gasteiger partial charge in [0, 0.05) is 22.3 Å². The summed E-state index contributed by atoms with van der Waals surface area (Å²) in [6.07, 6.45) is 2.88. The molecule has 0 radical (unpaired) electrons. The third-order valence-electron chi connectivity index (χ3n) is 9.64. The maximum Gasteiger partial charge on any atom is 0.315 e. The quantitative estimate of drug-likeness (QED) is 0.0836. The molecule has 0 saturated carbocycles. The molecule has 8 rings (SSSR count). The van der Waals surface area contributed by atoms with Gasteiger partial charge in [0.25, 0.3) is 0 Å². The third kappa shape index (κ3) is 8.52. The number of hydrogen-bond acceptors (Lipinski definition) is 8. The van der Waals surface area contributed by atoms with Crippen LogP contribution in [0, 0.1) is 23.3 Å². The number of halogens is 4. The fraction of sp³-hybridized carbons (Fsp3) is 0.0833. The van der Waals surface area contributed by atoms with Crippen LogP contribution in [0.1, 0.15) is 13.8 Å². The van der Waals surface area contributed by atoms with E-state index in [0.29, 0.717) is 54.3 Å². The molecule has 0 saturated heterocycles. The fourth-order valence-corrected chi connectivity index (χ4v) is 9.08. The smallest absolute Gasteiger partial charge is 0.315 e. The van der Waals surface area contributed by atoms with E-state index in [1.54, 1.807) is 98.8 Å². The highest BCUT2D eigenvalue weighted by atomic mass is 33.1. The number of aromatic nitrogens is 4. The molecule has 8 aromatic rings. The van der Waals surface area contributed by atoms with Gasteiger partial charge in [0.1, 0.15) is 23.3 Å². The predicted molar refractivity (Wildman–Crippen MR) is 235 cm³/mol. The van der Waals surface area contributed by atoms with Gasteiger partial charge in [0.05, 0.1) is 46.8 Å². The Morgan fingerprint density at radius 3 is 1.03 bits per heavy atom. The largest absolute Gasteiger partial charge is 0.487 e. The highest BCUT2D eigenvalue weighted by Crippen LogP contribution is 2.44. The van der Waals surface area contributed by atoms with Crippen molar-refractivity contribution in [2.24, 2.45) is 0 Å². The first-order valence-electron chi connectivity index (χ1n) is 19.3. The van der Waals surface area contributed by atoms with Crippen molar-refractivity contribution < 1.29 is 27.0 Å². The lowest BCUT2D eigenvalue weighted by atomic mass is 9.95. The van der Waals surface area contributed by atoms with E-state index in [2.05, 4.69) is 10.2 Å². The van der Waals surface area contributed by atoms with Gasteiger partial charge >= 0.3 is 11.1 Å². The molecule has 0 N–H and O–H groups in total. The normalized spacial score (nSPS) is 11.1. The molecule has 62 heavy (non-hydrogen) atoms. The van der Waals surface area contributed by atoms with E-state index >= 15 is 0 Å². The second-order valence-electron chi connectivity index (χ2n) is 13.6. The Morgan fingerprint density at radius 1 is 0.468 bits per heavy atom. The summed E-state index contributed by atoms with van der Waals surface area (Å²) in [7, 11) is 2.16. The monoisotopic (exact) mass is 870 g/mol. The molecule has 0 fully saturated rings. The van der Waals surface area contributed by atoms with E-state index < -0.39 is 34.4 Å². The molecule has 8 nitrogen and oxygen atoms in total. The summed E-state index contributed by atoms with van der Waals surface area (Å²) >= 11 is 0. The van der Waals surface area contributed by atoms with Crippen molar-refractivity contribution in [3.8, 4) is 67.4 Å². The van der Waals surface area contributed by atoms with Crippen molar-refractivity contribution in [1.82, 2.24) is 19.6 Å². The lowest BCUT2D eigenvalue weighted by Gasteiger charge is -2.19. The molecule has 0 amide bonds. The third-order valence-corrected chi connectivity index (χ3v) is 12.0. The van der Waals surface area contributed by atoms with Crippen LogP contribution in [0.25, 0.3) is 55.9 Å². The number of para-hydroxylation sites is 2. The second kappa shape index (κ2) is 18.4. The predicted octanol–water partition coefficient (Wildman–Crippen LogP) is 11.6. The zero-order valence-electron chi connectivity index (χ0n) is 33.0. The van der Waals surface area contributed by atoms with Crippen molar-refractivity contribution in [3.05, 3.63) is 190 Å². The van der Waals surface area contributed by atoms with Gasteiger partial charge in [0.2, 0.25) is 11.5 Å². The van der Waals surface area contributed by atoms with Crippen LogP contribution in [0.4, 0.5) is 17.6 Å². The molecule has 0 aliphatic carbocycles. The lowest BCUT2D eigenvalue weighted by molar-refractivity contribution is 0.323. The van der Waals surface area contributed by atoms with Gasteiger partial charge in [-0.15, -0.1) is 0 Å². The topological polar surface area (TPSA) is 88.2 Å². The Hall–Kier alpha value is -6.90. The summed E-state index contributed by atoms with van der Waals surface area (Å²) in [6.45, 7) is 3.67. The zero-order valence-corrected chi connectivity index (χ0v) is 34.7. The summed E-state index contributed by atoms with van der Waals surface area (Å²) in [5, 5.41) is 9.15. The lowest BCUT2D eigenvalue weighted by Crippen LogP contribution is -2.25. The van der Waals surface area contributed by atoms with Crippen molar-refractivity contribution in [3.63, 3.8) is 0 Å². The maximum absolute atomic E-state index is 14.6. The number of benzene rings is 6. The summed E-state index contributed by atoms with van der Waals surface area (Å²) < 4.78 is 72.5. The molecule has 2 aromatic heterocycles. The van der Waals surface area contributed by atoms with E-state index in [0.717, 1.165) is 31.0 Å². The molecule has 0 spiro atoms. The average Bonchev–Trinajstić information content (AvgIpc) is 3.27. The van der Waals surface area contributed by atoms with Gasteiger partial charge in [-0.1, -0.05) is 84.9 Å². The van der Waals surface area contributed by atoms with Crippen LogP contribution in [0.5, 0.6) is 11.5 Å². The van der Waals surface area contributed by atoms with Crippen molar-refractivity contribution in [1.29, 1.82) is 0 Å². The molecule has 2 heterocycles. The SMILES string of the molecule is CCOc1c(SSc2cnn(-c3c(-c4cccc(F)c4)cccc3-c3cccc(F)c3)c(=O)c2OCC)cnn(-c2c(-c3cccc(F)c3)cccc2-c2cccc(F)c2)c1=O. The molecule has 0 atom stereocenters. The van der Waals surface area contributed by atoms with E-state index in [-0.39, 0.29) is 36.1 Å². The van der Waals surface area contributed by atoms with Crippen LogP contribution in [-0.2, 0) is 0 Å². The van der Waals surface area contributed by atoms with Crippen LogP contribution in [0.3, 0.4) is 0 Å². The van der Waals surface area contributed by atoms with E-state index in [4.69, 9.17) is 9.47 Å². The molecule has 0 bridgehead atoms. The Balaban J connectivity index is 1.22. The first-order valence-corrected chi connectivity index (χ1v) is 21.5. The number of nitrogens with zero attached hydrogens (tertiary/aromatic N) is 4. The van der Waals surface area contributed by atoms with Crippen LogP contribution >= 0.6 is 21.6 Å². The number of hydrogen-bond donors (Lipinski definition) is 0. The molecule has 14 heteroatoms. The Kier molecular flexibility index (Phi) is 12.4. The second-order valence-corrected chi connectivity index (χ2v) is 15.8. The number of ether oxygens (including phenoxy) is 2. The fourth-order valence-electron chi connectivity index (χ4n) is 7.03. The molecule has 0 unspecified atom stereocenters. The number of rotatable bonds is 13. The average molecular weight is 871 g/mol. The first kappa shape index (κ1) is 41.8. The van der Waals surface area contributed by atoms with E-state index in [1.807, 2.05) is 0 Å². The van der Waals surface area contributed by atoms with Gasteiger partial charge in [-0.2, -0.15) is 19.6 Å². The highest BCUT2D eigenvalue weighted by molar-refractivity contribution is 8.76. The summed E-state index contributed by atoms with van der Waals surface area (Å²) in [5.74, 6) is -2.05. The molecule has 0 aliphatic heterocycles. The van der Waals surface area contributed by atoms with Crippen LogP contribution in [0.2, 0.25) is 0 Å². The van der Waals surface area contributed by atoms with Gasteiger partial charge in [-0.05, 0) is 106 Å². The highest BCUT2D eigenvalue weighted by Gasteiger charge is 2.24. The van der Waals surface area contributed by atoms with Gasteiger partial charge in [-0.3, -0.25) is 9.59 Å². The molecule has 310 valence electrons. The van der Waals surface area contributed by atoms with Crippen LogP contribution < -0.4 is 20.6 Å². The molecule has 0 aliphatic rings. The van der Waals surface area contributed by atoms with Gasteiger partial charge < -0.3 is 9.47 Å². The van der Waals surface area contributed by atoms with E-state index in [9.17, 15) is 27.2 Å². The summed E-state index contributed by atoms with van der Waals surface area (Å²) in [4.78, 5) is 29.7. The van der Waals surface area contributed by atoms with Gasteiger partial charge in [-0.25, -0.2) is 17.6 Å². The summed E-state index contributed by atoms with van der Waals surface area (Å²) in [5.41, 5.74) is 2.98. The maximum atomic E-state index is 14.6. The molecular formula is C48H34F4N4O4S2. The minimum absolute atomic E-state index is 0.0535. The van der Waals surface area contributed by atoms with Gasteiger partial charge in [0.15, 0.2) is 0 Å². The molecule has 6 aromatic carbocycles.